The lowest BCUT2D eigenvalue weighted by Gasteiger charge is -2.10. The van der Waals surface area contributed by atoms with E-state index in [1.54, 1.807) is 30.3 Å². The fourth-order valence-electron chi connectivity index (χ4n) is 1.70. The van der Waals surface area contributed by atoms with Crippen LogP contribution >= 0.6 is 23.8 Å². The molecular formula is C15H13ClFN3OS. The maximum atomic E-state index is 13.7. The van der Waals surface area contributed by atoms with Gasteiger partial charge >= 0.3 is 0 Å². The van der Waals surface area contributed by atoms with E-state index in [0.717, 1.165) is 0 Å². The first-order valence-electron chi connectivity index (χ1n) is 6.31. The van der Waals surface area contributed by atoms with Gasteiger partial charge in [-0.3, -0.25) is 5.43 Å². The minimum absolute atomic E-state index is 0.0130. The Morgan fingerprint density at radius 1 is 1.32 bits per heavy atom. The van der Waals surface area contributed by atoms with Crippen molar-refractivity contribution in [1.82, 2.24) is 5.43 Å². The van der Waals surface area contributed by atoms with Gasteiger partial charge in [-0.1, -0.05) is 29.8 Å². The third-order valence-corrected chi connectivity index (χ3v) is 3.18. The van der Waals surface area contributed by atoms with E-state index in [2.05, 4.69) is 22.7 Å². The molecule has 2 rings (SSSR count). The largest absolute Gasteiger partial charge is 0.488 e. The molecule has 0 fully saturated rings. The molecule has 0 aliphatic carbocycles. The number of benzene rings is 2. The number of nitrogens with two attached hydrogens (primary N) is 1. The molecule has 0 heterocycles. The van der Waals surface area contributed by atoms with Crippen LogP contribution in [0.25, 0.3) is 0 Å². The summed E-state index contributed by atoms with van der Waals surface area (Å²) < 4.78 is 19.4. The molecule has 0 atom stereocenters. The predicted octanol–water partition coefficient (Wildman–Crippen LogP) is 3.23. The van der Waals surface area contributed by atoms with Crippen molar-refractivity contribution in [2.45, 2.75) is 6.61 Å². The highest BCUT2D eigenvalue weighted by Gasteiger charge is 2.08. The Morgan fingerprint density at radius 2 is 2.09 bits per heavy atom. The minimum atomic E-state index is -0.409. The monoisotopic (exact) mass is 337 g/mol. The first kappa shape index (κ1) is 16.2. The van der Waals surface area contributed by atoms with Crippen LogP contribution in [0.3, 0.4) is 0 Å². The second kappa shape index (κ2) is 7.72. The molecule has 0 aromatic heterocycles. The molecule has 2 aromatic carbocycles. The third-order valence-electron chi connectivity index (χ3n) is 2.73. The highest BCUT2D eigenvalue weighted by Crippen LogP contribution is 2.23. The maximum Gasteiger partial charge on any atom is 0.184 e. The molecule has 2 aromatic rings. The summed E-state index contributed by atoms with van der Waals surface area (Å²) in [5.41, 5.74) is 8.73. The molecule has 0 aliphatic rings. The lowest BCUT2D eigenvalue weighted by atomic mass is 10.2. The first-order chi connectivity index (χ1) is 10.6. The zero-order chi connectivity index (χ0) is 15.9. The Morgan fingerprint density at radius 3 is 2.82 bits per heavy atom. The van der Waals surface area contributed by atoms with Gasteiger partial charge in [0.25, 0.3) is 0 Å². The molecule has 0 bridgehead atoms. The number of hydrazone groups is 1. The number of rotatable bonds is 5. The molecule has 22 heavy (non-hydrogen) atoms. The second-order valence-corrected chi connectivity index (χ2v) is 5.11. The summed E-state index contributed by atoms with van der Waals surface area (Å²) in [6, 6.07) is 11.7. The minimum Gasteiger partial charge on any atom is -0.488 e. The average molecular weight is 338 g/mol. The van der Waals surface area contributed by atoms with Gasteiger partial charge < -0.3 is 10.5 Å². The van der Waals surface area contributed by atoms with Gasteiger partial charge in [-0.15, -0.1) is 0 Å². The molecule has 0 spiro atoms. The van der Waals surface area contributed by atoms with E-state index in [0.29, 0.717) is 21.9 Å². The fourth-order valence-corrected chi connectivity index (χ4v) is 1.97. The molecule has 4 nitrogen and oxygen atoms in total. The van der Waals surface area contributed by atoms with Gasteiger partial charge in [0.1, 0.15) is 18.2 Å². The van der Waals surface area contributed by atoms with Crippen LogP contribution in [0.15, 0.2) is 47.6 Å². The number of hydrogen-bond donors (Lipinski definition) is 2. The Labute approximate surface area is 137 Å². The summed E-state index contributed by atoms with van der Waals surface area (Å²) >= 11 is 10.6. The van der Waals surface area contributed by atoms with Crippen LogP contribution in [0.2, 0.25) is 5.02 Å². The Hall–Kier alpha value is -2.18. The van der Waals surface area contributed by atoms with Crippen molar-refractivity contribution in [1.29, 1.82) is 0 Å². The quantitative estimate of drug-likeness (QED) is 0.499. The number of ether oxygens (including phenoxy) is 1. The SMILES string of the molecule is NC(=S)N/N=C\c1ccccc1OCc1c(F)cccc1Cl. The smallest absolute Gasteiger partial charge is 0.184 e. The zero-order valence-corrected chi connectivity index (χ0v) is 13.0. The number of thiocarbonyl (C=S) groups is 1. The van der Waals surface area contributed by atoms with Crippen molar-refractivity contribution in [2.24, 2.45) is 10.8 Å². The molecule has 0 radical (unpaired) electrons. The van der Waals surface area contributed by atoms with Gasteiger partial charge in [0.2, 0.25) is 0 Å². The van der Waals surface area contributed by atoms with Gasteiger partial charge in [-0.2, -0.15) is 5.10 Å². The van der Waals surface area contributed by atoms with E-state index in [1.807, 2.05) is 6.07 Å². The molecule has 114 valence electrons. The van der Waals surface area contributed by atoms with Gasteiger partial charge in [0.15, 0.2) is 5.11 Å². The summed E-state index contributed by atoms with van der Waals surface area (Å²) in [5.74, 6) is 0.129. The van der Waals surface area contributed by atoms with E-state index in [-0.39, 0.29) is 11.7 Å². The van der Waals surface area contributed by atoms with Crippen molar-refractivity contribution >= 4 is 35.1 Å². The van der Waals surface area contributed by atoms with E-state index < -0.39 is 5.82 Å². The summed E-state index contributed by atoms with van der Waals surface area (Å²) in [7, 11) is 0. The predicted molar refractivity (Wildman–Crippen MR) is 89.7 cm³/mol. The fraction of sp³-hybridized carbons (Fsp3) is 0.0667. The van der Waals surface area contributed by atoms with Gasteiger partial charge in [-0.05, 0) is 36.5 Å². The van der Waals surface area contributed by atoms with Crippen LogP contribution in [0.4, 0.5) is 4.39 Å². The van der Waals surface area contributed by atoms with E-state index >= 15 is 0 Å². The van der Waals surface area contributed by atoms with Crippen LogP contribution in [0.1, 0.15) is 11.1 Å². The number of nitrogens with zero attached hydrogens (tertiary/aromatic N) is 1. The molecule has 0 aliphatic heterocycles. The molecule has 0 unspecified atom stereocenters. The normalized spacial score (nSPS) is 10.6. The van der Waals surface area contributed by atoms with Crippen LogP contribution in [0, 0.1) is 5.82 Å². The van der Waals surface area contributed by atoms with Crippen molar-refractivity contribution in [3.05, 3.63) is 64.4 Å². The third kappa shape index (κ3) is 4.41. The first-order valence-corrected chi connectivity index (χ1v) is 7.10. The topological polar surface area (TPSA) is 59.6 Å². The summed E-state index contributed by atoms with van der Waals surface area (Å²) in [5, 5.41) is 4.25. The Kier molecular flexibility index (Phi) is 5.68. The summed E-state index contributed by atoms with van der Waals surface area (Å²) in [6.45, 7) is 0.0130. The average Bonchev–Trinajstić information content (AvgIpc) is 2.48. The van der Waals surface area contributed by atoms with E-state index in [4.69, 9.17) is 22.1 Å². The lowest BCUT2D eigenvalue weighted by Crippen LogP contribution is -2.24. The Bertz CT molecular complexity index is 689. The zero-order valence-electron chi connectivity index (χ0n) is 11.4. The van der Waals surface area contributed by atoms with Crippen LogP contribution < -0.4 is 15.9 Å². The molecule has 0 amide bonds. The van der Waals surface area contributed by atoms with Crippen LogP contribution in [0.5, 0.6) is 5.75 Å². The lowest BCUT2D eigenvalue weighted by molar-refractivity contribution is 0.299. The van der Waals surface area contributed by atoms with Crippen molar-refractivity contribution in [2.75, 3.05) is 0 Å². The molecule has 0 saturated carbocycles. The highest BCUT2D eigenvalue weighted by atomic mass is 35.5. The number of hydrogen-bond acceptors (Lipinski definition) is 3. The number of halogens is 2. The van der Waals surface area contributed by atoms with Gasteiger partial charge in [-0.25, -0.2) is 4.39 Å². The van der Waals surface area contributed by atoms with E-state index in [9.17, 15) is 4.39 Å². The molecule has 0 saturated heterocycles. The van der Waals surface area contributed by atoms with Crippen molar-refractivity contribution < 1.29 is 9.13 Å². The standard InChI is InChI=1S/C15H13ClFN3OS/c16-12-5-3-6-13(17)11(12)9-21-14-7-2-1-4-10(14)8-19-20-15(18)22/h1-8H,9H2,(H3,18,20,22)/b19-8-. The molecular weight excluding hydrogens is 325 g/mol. The number of para-hydroxylation sites is 1. The number of nitrogens with one attached hydrogen (secondary N) is 1. The summed E-state index contributed by atoms with van der Waals surface area (Å²) in [4.78, 5) is 0. The maximum absolute atomic E-state index is 13.7. The van der Waals surface area contributed by atoms with Gasteiger partial charge in [0, 0.05) is 11.1 Å². The molecule has 3 N–H and O–H groups in total. The second-order valence-electron chi connectivity index (χ2n) is 4.26. The van der Waals surface area contributed by atoms with Crippen LogP contribution in [-0.4, -0.2) is 11.3 Å². The van der Waals surface area contributed by atoms with Crippen LogP contribution in [-0.2, 0) is 6.61 Å². The van der Waals surface area contributed by atoms with Gasteiger partial charge in [0.05, 0.1) is 11.2 Å². The Balaban J connectivity index is 2.13. The van der Waals surface area contributed by atoms with Crippen molar-refractivity contribution in [3.8, 4) is 5.75 Å². The molecule has 7 heteroatoms. The van der Waals surface area contributed by atoms with E-state index in [1.165, 1.54) is 12.3 Å². The summed E-state index contributed by atoms with van der Waals surface area (Å²) in [6.07, 6.45) is 1.51. The van der Waals surface area contributed by atoms with Crippen molar-refractivity contribution in [3.63, 3.8) is 0 Å². The highest BCUT2D eigenvalue weighted by molar-refractivity contribution is 7.80.